The molecule has 0 rings (SSSR count). The van der Waals surface area contributed by atoms with E-state index in [-0.39, 0.29) is 11.8 Å². The second-order valence-electron chi connectivity index (χ2n) is 6.74. The molecule has 0 aliphatic rings. The van der Waals surface area contributed by atoms with Gasteiger partial charge in [0.15, 0.2) is 0 Å². The lowest BCUT2D eigenvalue weighted by atomic mass is 10.0. The molecule has 0 heterocycles. The summed E-state index contributed by atoms with van der Waals surface area (Å²) in [7, 11) is 0. The van der Waals surface area contributed by atoms with Gasteiger partial charge in [-0.25, -0.2) is 0 Å². The number of aliphatic carboxylic acids is 1. The predicted octanol–water partition coefficient (Wildman–Crippen LogP) is 4.82. The highest BCUT2D eigenvalue weighted by Gasteiger charge is 2.10. The Balaban J connectivity index is 3.18. The van der Waals surface area contributed by atoms with Crippen molar-refractivity contribution in [1.82, 2.24) is 5.32 Å². The highest BCUT2D eigenvalue weighted by atomic mass is 32.1. The van der Waals surface area contributed by atoms with Gasteiger partial charge in [-0.05, 0) is 25.0 Å². The van der Waals surface area contributed by atoms with Crippen LogP contribution in [0.15, 0.2) is 0 Å². The third-order valence-corrected chi connectivity index (χ3v) is 4.63. The molecular formula is C19H37NO3S. The number of amides is 1. The summed E-state index contributed by atoms with van der Waals surface area (Å²) in [4.78, 5) is 22.1. The summed E-state index contributed by atoms with van der Waals surface area (Å²) in [6, 6.07) is 0. The van der Waals surface area contributed by atoms with Gasteiger partial charge >= 0.3 is 5.97 Å². The molecule has 0 aliphatic heterocycles. The van der Waals surface area contributed by atoms with E-state index in [1.807, 2.05) is 6.92 Å². The van der Waals surface area contributed by atoms with Gasteiger partial charge < -0.3 is 10.4 Å². The number of hydrogen-bond acceptors (Lipinski definition) is 3. The largest absolute Gasteiger partial charge is 0.481 e. The second kappa shape index (κ2) is 17.1. The first-order valence-electron chi connectivity index (χ1n) is 9.68. The Hall–Kier alpha value is -0.710. The molecule has 1 amide bonds. The van der Waals surface area contributed by atoms with E-state index in [1.165, 1.54) is 51.4 Å². The molecule has 5 heteroatoms. The zero-order valence-electron chi connectivity index (χ0n) is 15.4. The van der Waals surface area contributed by atoms with Gasteiger partial charge in [-0.1, -0.05) is 64.7 Å². The van der Waals surface area contributed by atoms with E-state index in [0.29, 0.717) is 6.42 Å². The molecule has 142 valence electrons. The Morgan fingerprint density at radius 2 is 1.33 bits per heavy atom. The SMILES string of the molecule is CC(CCS)C(=O)NCCCCCCCCCCCCCC(=O)O. The van der Waals surface area contributed by atoms with Crippen LogP contribution in [-0.2, 0) is 9.59 Å². The van der Waals surface area contributed by atoms with Gasteiger partial charge in [0.1, 0.15) is 0 Å². The third kappa shape index (κ3) is 16.2. The highest BCUT2D eigenvalue weighted by molar-refractivity contribution is 7.80. The van der Waals surface area contributed by atoms with Crippen LogP contribution in [0.25, 0.3) is 0 Å². The number of carbonyl (C=O) groups excluding carboxylic acids is 1. The summed E-state index contributed by atoms with van der Waals surface area (Å²) in [5, 5.41) is 11.5. The van der Waals surface area contributed by atoms with E-state index in [0.717, 1.165) is 38.0 Å². The van der Waals surface area contributed by atoms with Crippen LogP contribution in [0.5, 0.6) is 0 Å². The highest BCUT2D eigenvalue weighted by Crippen LogP contribution is 2.12. The number of hydrogen-bond donors (Lipinski definition) is 3. The Morgan fingerprint density at radius 3 is 1.79 bits per heavy atom. The van der Waals surface area contributed by atoms with Gasteiger partial charge in [0.05, 0.1) is 0 Å². The average molecular weight is 360 g/mol. The van der Waals surface area contributed by atoms with Gasteiger partial charge in [-0.15, -0.1) is 0 Å². The third-order valence-electron chi connectivity index (χ3n) is 4.38. The maximum Gasteiger partial charge on any atom is 0.303 e. The summed E-state index contributed by atoms with van der Waals surface area (Å²) in [6.07, 6.45) is 14.1. The van der Waals surface area contributed by atoms with Crippen LogP contribution < -0.4 is 5.32 Å². The molecule has 24 heavy (non-hydrogen) atoms. The van der Waals surface area contributed by atoms with Crippen molar-refractivity contribution in [2.75, 3.05) is 12.3 Å². The van der Waals surface area contributed by atoms with E-state index in [4.69, 9.17) is 5.11 Å². The Labute approximate surface area is 153 Å². The number of rotatable bonds is 17. The molecule has 2 N–H and O–H groups in total. The van der Waals surface area contributed by atoms with Crippen molar-refractivity contribution in [3.05, 3.63) is 0 Å². The number of carbonyl (C=O) groups is 2. The Morgan fingerprint density at radius 1 is 0.875 bits per heavy atom. The topological polar surface area (TPSA) is 66.4 Å². The van der Waals surface area contributed by atoms with Crippen LogP contribution in [-0.4, -0.2) is 29.3 Å². The Kier molecular flexibility index (Phi) is 16.6. The minimum absolute atomic E-state index is 0.0756. The molecule has 0 spiro atoms. The molecular weight excluding hydrogens is 322 g/mol. The summed E-state index contributed by atoms with van der Waals surface area (Å²) in [5.41, 5.74) is 0. The summed E-state index contributed by atoms with van der Waals surface area (Å²) < 4.78 is 0. The second-order valence-corrected chi connectivity index (χ2v) is 7.18. The molecule has 0 aliphatic carbocycles. The molecule has 0 aromatic rings. The number of nitrogens with one attached hydrogen (secondary N) is 1. The van der Waals surface area contributed by atoms with Gasteiger partial charge in [-0.3, -0.25) is 9.59 Å². The molecule has 0 saturated carbocycles. The number of unbranched alkanes of at least 4 members (excludes halogenated alkanes) is 10. The zero-order valence-corrected chi connectivity index (χ0v) is 16.3. The van der Waals surface area contributed by atoms with Crippen molar-refractivity contribution in [2.45, 2.75) is 90.4 Å². The first-order valence-corrected chi connectivity index (χ1v) is 10.3. The van der Waals surface area contributed by atoms with Crippen molar-refractivity contribution in [2.24, 2.45) is 5.92 Å². The molecule has 0 aromatic carbocycles. The van der Waals surface area contributed by atoms with Crippen molar-refractivity contribution in [3.8, 4) is 0 Å². The summed E-state index contributed by atoms with van der Waals surface area (Å²) in [5.74, 6) is 0.317. The lowest BCUT2D eigenvalue weighted by Gasteiger charge is -2.10. The maximum absolute atomic E-state index is 11.7. The fourth-order valence-electron chi connectivity index (χ4n) is 2.70. The lowest BCUT2D eigenvalue weighted by Crippen LogP contribution is -2.30. The minimum atomic E-state index is -0.679. The van der Waals surface area contributed by atoms with E-state index in [9.17, 15) is 9.59 Å². The first-order chi connectivity index (χ1) is 11.6. The quantitative estimate of drug-likeness (QED) is 0.257. The Bertz CT molecular complexity index is 324. The fourth-order valence-corrected chi connectivity index (χ4v) is 3.09. The van der Waals surface area contributed by atoms with Crippen LogP contribution in [0.1, 0.15) is 90.4 Å². The van der Waals surface area contributed by atoms with Crippen LogP contribution in [0.3, 0.4) is 0 Å². The normalized spacial score (nSPS) is 12.1. The van der Waals surface area contributed by atoms with Gasteiger partial charge in [0, 0.05) is 18.9 Å². The molecule has 0 radical (unpaired) electrons. The number of carboxylic acid groups (broad SMARTS) is 1. The summed E-state index contributed by atoms with van der Waals surface area (Å²) >= 11 is 4.15. The van der Waals surface area contributed by atoms with E-state index < -0.39 is 5.97 Å². The van der Waals surface area contributed by atoms with Crippen molar-refractivity contribution in [3.63, 3.8) is 0 Å². The number of thiol groups is 1. The molecule has 1 unspecified atom stereocenters. The molecule has 4 nitrogen and oxygen atoms in total. The fraction of sp³-hybridized carbons (Fsp3) is 0.895. The smallest absolute Gasteiger partial charge is 0.303 e. The molecule has 0 bridgehead atoms. The number of carboxylic acids is 1. The van der Waals surface area contributed by atoms with Crippen molar-refractivity contribution in [1.29, 1.82) is 0 Å². The molecule has 0 fully saturated rings. The predicted molar refractivity (Wildman–Crippen MR) is 104 cm³/mol. The van der Waals surface area contributed by atoms with Crippen molar-refractivity contribution < 1.29 is 14.7 Å². The first kappa shape index (κ1) is 23.3. The molecule has 1 atom stereocenters. The van der Waals surface area contributed by atoms with Crippen LogP contribution in [0.2, 0.25) is 0 Å². The van der Waals surface area contributed by atoms with Crippen LogP contribution in [0.4, 0.5) is 0 Å². The van der Waals surface area contributed by atoms with Crippen LogP contribution >= 0.6 is 12.6 Å². The monoisotopic (exact) mass is 359 g/mol. The van der Waals surface area contributed by atoms with E-state index in [2.05, 4.69) is 17.9 Å². The maximum atomic E-state index is 11.7. The lowest BCUT2D eigenvalue weighted by molar-refractivity contribution is -0.137. The van der Waals surface area contributed by atoms with Gasteiger partial charge in [0.25, 0.3) is 0 Å². The average Bonchev–Trinajstić information content (AvgIpc) is 2.54. The molecule has 0 saturated heterocycles. The molecule has 0 aromatic heterocycles. The van der Waals surface area contributed by atoms with Crippen LogP contribution in [0, 0.1) is 5.92 Å². The standard InChI is InChI=1S/C19H37NO3S/c1-17(14-16-24)19(23)20-15-12-10-8-6-4-2-3-5-7-9-11-13-18(21)22/h17,24H,2-16H2,1H3,(H,20,23)(H,21,22). The minimum Gasteiger partial charge on any atom is -0.481 e. The van der Waals surface area contributed by atoms with Gasteiger partial charge in [0.2, 0.25) is 5.91 Å². The van der Waals surface area contributed by atoms with Crippen molar-refractivity contribution >= 4 is 24.5 Å². The summed E-state index contributed by atoms with van der Waals surface area (Å²) in [6.45, 7) is 2.75. The van der Waals surface area contributed by atoms with E-state index in [1.54, 1.807) is 0 Å². The zero-order chi connectivity index (χ0) is 18.0. The van der Waals surface area contributed by atoms with Gasteiger partial charge in [-0.2, -0.15) is 12.6 Å². The van der Waals surface area contributed by atoms with E-state index >= 15 is 0 Å².